The van der Waals surface area contributed by atoms with E-state index in [0.717, 1.165) is 16.9 Å². The molecule has 0 unspecified atom stereocenters. The van der Waals surface area contributed by atoms with E-state index in [0.29, 0.717) is 24.2 Å². The molecule has 2 aromatic carbocycles. The number of ketones is 1. The molecule has 0 aliphatic rings. The second kappa shape index (κ2) is 9.71. The van der Waals surface area contributed by atoms with Gasteiger partial charge in [-0.2, -0.15) is 0 Å². The summed E-state index contributed by atoms with van der Waals surface area (Å²) in [4.78, 5) is 25.6. The highest BCUT2D eigenvalue weighted by Crippen LogP contribution is 2.13. The van der Waals surface area contributed by atoms with Gasteiger partial charge in [0, 0.05) is 36.7 Å². The number of nitrogens with one attached hydrogen (secondary N) is 2. The summed E-state index contributed by atoms with van der Waals surface area (Å²) in [5, 5.41) is 6.08. The van der Waals surface area contributed by atoms with E-state index in [2.05, 4.69) is 17.2 Å². The van der Waals surface area contributed by atoms with Crippen molar-refractivity contribution < 1.29 is 9.59 Å². The molecule has 0 saturated carbocycles. The van der Waals surface area contributed by atoms with Gasteiger partial charge in [0.15, 0.2) is 5.78 Å². The minimum Gasteiger partial charge on any atom is -0.380 e. The molecule has 0 aromatic heterocycles. The van der Waals surface area contributed by atoms with Crippen molar-refractivity contribution in [3.63, 3.8) is 0 Å². The zero-order chi connectivity index (χ0) is 20.7. The van der Waals surface area contributed by atoms with Gasteiger partial charge in [-0.15, -0.1) is 0 Å². The summed E-state index contributed by atoms with van der Waals surface area (Å²) < 4.78 is 0. The highest BCUT2D eigenvalue weighted by Gasteiger charge is 2.14. The summed E-state index contributed by atoms with van der Waals surface area (Å²) >= 11 is 0. The van der Waals surface area contributed by atoms with Crippen molar-refractivity contribution in [1.82, 2.24) is 4.90 Å². The Labute approximate surface area is 166 Å². The van der Waals surface area contributed by atoms with Gasteiger partial charge in [0.05, 0.1) is 12.6 Å². The molecule has 1 amide bonds. The molecule has 148 valence electrons. The fraction of sp³-hybridized carbons (Fsp3) is 0.273. The number of rotatable bonds is 9. The summed E-state index contributed by atoms with van der Waals surface area (Å²) in [6.45, 7) is 6.15. The number of hydrogen-bond donors (Lipinski definition) is 3. The lowest BCUT2D eigenvalue weighted by Gasteiger charge is -2.17. The Balaban J connectivity index is 1.87. The summed E-state index contributed by atoms with van der Waals surface area (Å²) in [6.07, 6.45) is 0.433. The van der Waals surface area contributed by atoms with Gasteiger partial charge >= 0.3 is 0 Å². The molecule has 28 heavy (non-hydrogen) atoms. The average Bonchev–Trinajstić information content (AvgIpc) is 2.67. The lowest BCUT2D eigenvalue weighted by Crippen LogP contribution is -2.37. The molecule has 0 saturated heterocycles. The predicted octanol–water partition coefficient (Wildman–Crippen LogP) is 2.88. The van der Waals surface area contributed by atoms with E-state index in [1.54, 1.807) is 24.3 Å². The predicted molar refractivity (Wildman–Crippen MR) is 115 cm³/mol. The van der Waals surface area contributed by atoms with Crippen molar-refractivity contribution in [3.8, 4) is 0 Å². The highest BCUT2D eigenvalue weighted by atomic mass is 16.2. The second-order valence-electron chi connectivity index (χ2n) is 6.94. The minimum atomic E-state index is -0.667. The van der Waals surface area contributed by atoms with Gasteiger partial charge in [-0.05, 0) is 55.3 Å². The lowest BCUT2D eigenvalue weighted by atomic mass is 10.1. The zero-order valence-corrected chi connectivity index (χ0v) is 16.7. The van der Waals surface area contributed by atoms with Crippen LogP contribution in [-0.4, -0.2) is 43.3 Å². The van der Waals surface area contributed by atoms with E-state index in [1.165, 1.54) is 6.92 Å². The Kier molecular flexibility index (Phi) is 7.35. The van der Waals surface area contributed by atoms with Crippen LogP contribution in [0.15, 0.2) is 60.8 Å². The van der Waals surface area contributed by atoms with Crippen molar-refractivity contribution in [2.24, 2.45) is 5.73 Å². The van der Waals surface area contributed by atoms with Crippen LogP contribution in [0.25, 0.3) is 0 Å². The number of likely N-dealkylation sites (N-methyl/N-ethyl adjacent to an activating group) is 1. The van der Waals surface area contributed by atoms with Gasteiger partial charge in [-0.25, -0.2) is 0 Å². The van der Waals surface area contributed by atoms with Gasteiger partial charge in [0.25, 0.3) is 0 Å². The third kappa shape index (κ3) is 6.25. The Bertz CT molecular complexity index is 827. The molecule has 0 radical (unpaired) electrons. The summed E-state index contributed by atoms with van der Waals surface area (Å²) in [6, 6.07) is 13.9. The van der Waals surface area contributed by atoms with E-state index >= 15 is 0 Å². The van der Waals surface area contributed by atoms with Crippen LogP contribution in [0.5, 0.6) is 0 Å². The first-order valence-corrected chi connectivity index (χ1v) is 9.11. The van der Waals surface area contributed by atoms with E-state index in [4.69, 9.17) is 5.73 Å². The van der Waals surface area contributed by atoms with E-state index in [9.17, 15) is 9.59 Å². The molecule has 4 N–H and O–H groups in total. The van der Waals surface area contributed by atoms with Crippen LogP contribution in [-0.2, 0) is 11.2 Å². The molecular weight excluding hydrogens is 352 g/mol. The van der Waals surface area contributed by atoms with Gasteiger partial charge in [-0.3, -0.25) is 9.59 Å². The first kappa shape index (κ1) is 21.2. The van der Waals surface area contributed by atoms with Crippen molar-refractivity contribution in [2.45, 2.75) is 19.4 Å². The first-order valence-electron chi connectivity index (χ1n) is 9.11. The first-order chi connectivity index (χ1) is 13.3. The number of Topliss-reactive ketones (excluding diaryl/α,β-unsaturated/α-hetero) is 1. The Morgan fingerprint density at radius 1 is 1.04 bits per heavy atom. The molecule has 1 atom stereocenters. The SMILES string of the molecule is C=C(CNc1ccc(C[C@H](N)C(=O)Nc2ccc(C(C)=O)cc2)cc1)N(C)C. The fourth-order valence-corrected chi connectivity index (χ4v) is 2.49. The van der Waals surface area contributed by atoms with Crippen LogP contribution < -0.4 is 16.4 Å². The van der Waals surface area contributed by atoms with Gasteiger partial charge in [0.2, 0.25) is 5.91 Å². The quantitative estimate of drug-likeness (QED) is 0.582. The Morgan fingerprint density at radius 2 is 1.61 bits per heavy atom. The van der Waals surface area contributed by atoms with Crippen LogP contribution >= 0.6 is 0 Å². The molecule has 0 heterocycles. The number of hydrogen-bond acceptors (Lipinski definition) is 5. The van der Waals surface area contributed by atoms with E-state index < -0.39 is 6.04 Å². The largest absolute Gasteiger partial charge is 0.380 e. The molecule has 0 bridgehead atoms. The maximum Gasteiger partial charge on any atom is 0.241 e. The van der Waals surface area contributed by atoms with Crippen LogP contribution in [0.4, 0.5) is 11.4 Å². The molecule has 6 nitrogen and oxygen atoms in total. The van der Waals surface area contributed by atoms with E-state index in [-0.39, 0.29) is 11.7 Å². The molecule has 6 heteroatoms. The van der Waals surface area contributed by atoms with Crippen molar-refractivity contribution in [2.75, 3.05) is 31.3 Å². The summed E-state index contributed by atoms with van der Waals surface area (Å²) in [7, 11) is 3.91. The smallest absolute Gasteiger partial charge is 0.241 e. The number of nitrogens with zero attached hydrogens (tertiary/aromatic N) is 1. The summed E-state index contributed by atoms with van der Waals surface area (Å²) in [5.74, 6) is -0.279. The Morgan fingerprint density at radius 3 is 2.14 bits per heavy atom. The topological polar surface area (TPSA) is 87.5 Å². The number of carbonyl (C=O) groups is 2. The molecule has 0 aliphatic heterocycles. The average molecular weight is 380 g/mol. The summed E-state index contributed by atoms with van der Waals surface area (Å²) in [5.41, 5.74) is 10.2. The van der Waals surface area contributed by atoms with Crippen LogP contribution in [0.2, 0.25) is 0 Å². The fourth-order valence-electron chi connectivity index (χ4n) is 2.49. The third-order valence-electron chi connectivity index (χ3n) is 4.43. The number of benzene rings is 2. The maximum absolute atomic E-state index is 12.3. The van der Waals surface area contributed by atoms with Crippen molar-refractivity contribution >= 4 is 23.1 Å². The molecule has 2 rings (SSSR count). The molecule has 2 aromatic rings. The highest BCUT2D eigenvalue weighted by molar-refractivity contribution is 5.97. The molecule has 0 spiro atoms. The van der Waals surface area contributed by atoms with Crippen molar-refractivity contribution in [3.05, 3.63) is 71.9 Å². The third-order valence-corrected chi connectivity index (χ3v) is 4.43. The molecular formula is C22H28N4O2. The van der Waals surface area contributed by atoms with Crippen molar-refractivity contribution in [1.29, 1.82) is 0 Å². The normalized spacial score (nSPS) is 11.4. The maximum atomic E-state index is 12.3. The van der Waals surface area contributed by atoms with Gasteiger partial charge in [-0.1, -0.05) is 18.7 Å². The number of nitrogens with two attached hydrogens (primary N) is 1. The lowest BCUT2D eigenvalue weighted by molar-refractivity contribution is -0.117. The number of amides is 1. The minimum absolute atomic E-state index is 0.0152. The number of anilines is 2. The van der Waals surface area contributed by atoms with Crippen LogP contribution in [0.1, 0.15) is 22.8 Å². The van der Waals surface area contributed by atoms with Crippen LogP contribution in [0.3, 0.4) is 0 Å². The van der Waals surface area contributed by atoms with E-state index in [1.807, 2.05) is 43.3 Å². The monoisotopic (exact) mass is 380 g/mol. The van der Waals surface area contributed by atoms with Gasteiger partial charge < -0.3 is 21.3 Å². The molecule has 0 aliphatic carbocycles. The Hall–Kier alpha value is -3.12. The van der Waals surface area contributed by atoms with Crippen LogP contribution in [0, 0.1) is 0 Å². The molecule has 0 fully saturated rings. The zero-order valence-electron chi connectivity index (χ0n) is 16.7. The standard InChI is InChI=1S/C22H28N4O2/c1-15(26(3)4)14-24-19-9-5-17(6-10-19)13-21(23)22(28)25-20-11-7-18(8-12-20)16(2)27/h5-12,21,24H,1,13-14,23H2,2-4H3,(H,25,28)/t21-/m0/s1. The second-order valence-corrected chi connectivity index (χ2v) is 6.94. The van der Waals surface area contributed by atoms with Gasteiger partial charge in [0.1, 0.15) is 0 Å². The number of carbonyl (C=O) groups excluding carboxylic acids is 2.